The Balaban J connectivity index is 2.27. The smallest absolute Gasteiger partial charge is 0.163 e. The number of ether oxygens (including phenoxy) is 1. The van der Waals surface area contributed by atoms with Crippen molar-refractivity contribution in [2.24, 2.45) is 0 Å². The monoisotopic (exact) mass is 254 g/mol. The van der Waals surface area contributed by atoms with Crippen molar-refractivity contribution in [3.8, 4) is 5.75 Å². The molecule has 3 rings (SSSR count). The van der Waals surface area contributed by atoms with E-state index in [1.807, 2.05) is 31.3 Å². The molecule has 0 aliphatic carbocycles. The Hall–Kier alpha value is -2.27. The van der Waals surface area contributed by atoms with Crippen LogP contribution >= 0.6 is 0 Å². The lowest BCUT2D eigenvalue weighted by Gasteiger charge is -2.06. The number of nitrogens with zero attached hydrogens (tertiary/aromatic N) is 3. The second-order valence-corrected chi connectivity index (χ2v) is 4.25. The summed E-state index contributed by atoms with van der Waals surface area (Å²) < 4.78 is 5.34. The number of benzene rings is 1. The van der Waals surface area contributed by atoms with E-state index in [4.69, 9.17) is 4.74 Å². The van der Waals surface area contributed by atoms with Gasteiger partial charge in [-0.3, -0.25) is 0 Å². The average Bonchev–Trinajstić information content (AvgIpc) is 2.45. The fourth-order valence-electron chi connectivity index (χ4n) is 2.07. The molecular formula is C14H14N4O. The van der Waals surface area contributed by atoms with Gasteiger partial charge in [0.15, 0.2) is 5.65 Å². The van der Waals surface area contributed by atoms with E-state index in [1.54, 1.807) is 13.3 Å². The molecule has 5 heteroatoms. The van der Waals surface area contributed by atoms with Gasteiger partial charge in [0.1, 0.15) is 17.1 Å². The molecule has 0 unspecified atom stereocenters. The summed E-state index contributed by atoms with van der Waals surface area (Å²) >= 11 is 0. The van der Waals surface area contributed by atoms with E-state index in [-0.39, 0.29) is 0 Å². The first-order chi connectivity index (χ1) is 9.31. The van der Waals surface area contributed by atoms with E-state index in [9.17, 15) is 0 Å². The summed E-state index contributed by atoms with van der Waals surface area (Å²) in [7, 11) is 3.51. The van der Waals surface area contributed by atoms with Gasteiger partial charge >= 0.3 is 0 Å². The van der Waals surface area contributed by atoms with E-state index in [0.29, 0.717) is 12.2 Å². The predicted molar refractivity (Wildman–Crippen MR) is 74.2 cm³/mol. The number of hydrogen-bond acceptors (Lipinski definition) is 5. The molecule has 0 saturated heterocycles. The molecule has 0 spiro atoms. The minimum atomic E-state index is 0.627. The lowest BCUT2D eigenvalue weighted by Crippen LogP contribution is -2.09. The topological polar surface area (TPSA) is 59.9 Å². The molecule has 0 radical (unpaired) electrons. The Morgan fingerprint density at radius 3 is 2.89 bits per heavy atom. The van der Waals surface area contributed by atoms with Crippen LogP contribution in [0.3, 0.4) is 0 Å². The Labute approximate surface area is 110 Å². The Morgan fingerprint density at radius 1 is 1.21 bits per heavy atom. The molecule has 2 aromatic heterocycles. The molecule has 0 aliphatic rings. The highest BCUT2D eigenvalue weighted by Gasteiger charge is 2.07. The Kier molecular flexibility index (Phi) is 2.97. The molecule has 1 N–H and O–H groups in total. The molecule has 0 aliphatic heterocycles. The second-order valence-electron chi connectivity index (χ2n) is 4.25. The van der Waals surface area contributed by atoms with Crippen LogP contribution < -0.4 is 10.1 Å². The van der Waals surface area contributed by atoms with Gasteiger partial charge < -0.3 is 10.1 Å². The van der Waals surface area contributed by atoms with Crippen molar-refractivity contribution in [2.75, 3.05) is 14.2 Å². The fourth-order valence-corrected chi connectivity index (χ4v) is 2.07. The van der Waals surface area contributed by atoms with Crippen molar-refractivity contribution in [3.63, 3.8) is 0 Å². The van der Waals surface area contributed by atoms with Gasteiger partial charge in [-0.15, -0.1) is 0 Å². The van der Waals surface area contributed by atoms with Gasteiger partial charge in [-0.05, 0) is 19.2 Å². The average molecular weight is 254 g/mol. The fraction of sp³-hybridized carbons (Fsp3) is 0.214. The van der Waals surface area contributed by atoms with Gasteiger partial charge in [0, 0.05) is 17.0 Å². The van der Waals surface area contributed by atoms with Crippen LogP contribution in [0.1, 0.15) is 5.82 Å². The first-order valence-electron chi connectivity index (χ1n) is 6.06. The van der Waals surface area contributed by atoms with Crippen LogP contribution in [0.25, 0.3) is 21.9 Å². The standard InChI is InChI=1S/C14H14N4O/c1-15-8-12-16-7-10-6-9-4-3-5-11(19-2)13(9)18-14(10)17-12/h3-7,15H,8H2,1-2H3. The third-order valence-corrected chi connectivity index (χ3v) is 2.96. The summed E-state index contributed by atoms with van der Waals surface area (Å²) in [5.41, 5.74) is 1.52. The minimum Gasteiger partial charge on any atom is -0.494 e. The van der Waals surface area contributed by atoms with Gasteiger partial charge in [-0.1, -0.05) is 12.1 Å². The van der Waals surface area contributed by atoms with Crippen molar-refractivity contribution in [1.82, 2.24) is 20.3 Å². The number of fused-ring (bicyclic) bond motifs is 2. The van der Waals surface area contributed by atoms with Gasteiger partial charge in [0.2, 0.25) is 0 Å². The van der Waals surface area contributed by atoms with Crippen LogP contribution in [-0.4, -0.2) is 29.1 Å². The zero-order chi connectivity index (χ0) is 13.2. The van der Waals surface area contributed by atoms with Gasteiger partial charge in [0.25, 0.3) is 0 Å². The van der Waals surface area contributed by atoms with Crippen molar-refractivity contribution >= 4 is 21.9 Å². The van der Waals surface area contributed by atoms with E-state index < -0.39 is 0 Å². The van der Waals surface area contributed by atoms with Gasteiger partial charge in [-0.25, -0.2) is 15.0 Å². The number of pyridine rings is 1. The summed E-state index contributed by atoms with van der Waals surface area (Å²) in [6, 6.07) is 7.89. The number of aromatic nitrogens is 3. The molecule has 0 fully saturated rings. The number of para-hydroxylation sites is 1. The molecule has 1 aromatic carbocycles. The number of rotatable bonds is 3. The highest BCUT2D eigenvalue weighted by Crippen LogP contribution is 2.25. The van der Waals surface area contributed by atoms with Crippen molar-refractivity contribution in [3.05, 3.63) is 36.3 Å². The number of hydrogen-bond donors (Lipinski definition) is 1. The van der Waals surface area contributed by atoms with Crippen LogP contribution in [0.15, 0.2) is 30.5 Å². The zero-order valence-corrected chi connectivity index (χ0v) is 10.8. The maximum Gasteiger partial charge on any atom is 0.163 e. The first-order valence-corrected chi connectivity index (χ1v) is 6.06. The van der Waals surface area contributed by atoms with Crippen LogP contribution in [0.5, 0.6) is 5.75 Å². The lowest BCUT2D eigenvalue weighted by atomic mass is 10.2. The maximum atomic E-state index is 5.34. The van der Waals surface area contributed by atoms with Crippen molar-refractivity contribution < 1.29 is 4.74 Å². The minimum absolute atomic E-state index is 0.627. The molecular weight excluding hydrogens is 240 g/mol. The summed E-state index contributed by atoms with van der Waals surface area (Å²) in [6.45, 7) is 0.627. The van der Waals surface area contributed by atoms with Crippen LogP contribution in [0.4, 0.5) is 0 Å². The van der Waals surface area contributed by atoms with Crippen molar-refractivity contribution in [2.45, 2.75) is 6.54 Å². The van der Waals surface area contributed by atoms with Crippen LogP contribution in [-0.2, 0) is 6.54 Å². The molecule has 0 saturated carbocycles. The Morgan fingerprint density at radius 2 is 2.11 bits per heavy atom. The third kappa shape index (κ3) is 2.08. The molecule has 96 valence electrons. The molecule has 5 nitrogen and oxygen atoms in total. The number of methoxy groups -OCH3 is 1. The molecule has 0 bridgehead atoms. The highest BCUT2D eigenvalue weighted by atomic mass is 16.5. The second kappa shape index (κ2) is 4.78. The van der Waals surface area contributed by atoms with Gasteiger partial charge in [-0.2, -0.15) is 0 Å². The summed E-state index contributed by atoms with van der Waals surface area (Å²) in [5.74, 6) is 1.49. The third-order valence-electron chi connectivity index (χ3n) is 2.96. The van der Waals surface area contributed by atoms with E-state index in [2.05, 4.69) is 20.3 Å². The molecule has 0 amide bonds. The molecule has 2 heterocycles. The van der Waals surface area contributed by atoms with E-state index in [1.165, 1.54) is 0 Å². The highest BCUT2D eigenvalue weighted by molar-refractivity contribution is 5.93. The lowest BCUT2D eigenvalue weighted by molar-refractivity contribution is 0.419. The SMILES string of the molecule is CNCc1ncc2cc3cccc(OC)c3nc2n1. The summed E-state index contributed by atoms with van der Waals surface area (Å²) in [5, 5.41) is 4.99. The van der Waals surface area contributed by atoms with E-state index >= 15 is 0 Å². The maximum absolute atomic E-state index is 5.34. The van der Waals surface area contributed by atoms with Crippen LogP contribution in [0, 0.1) is 0 Å². The normalized spacial score (nSPS) is 11.1. The number of nitrogens with one attached hydrogen (secondary N) is 1. The molecule has 3 aromatic rings. The zero-order valence-electron chi connectivity index (χ0n) is 10.8. The quantitative estimate of drug-likeness (QED) is 0.723. The Bertz CT molecular complexity index is 742. The van der Waals surface area contributed by atoms with Crippen LogP contribution in [0.2, 0.25) is 0 Å². The molecule has 0 atom stereocenters. The largest absolute Gasteiger partial charge is 0.494 e. The van der Waals surface area contributed by atoms with Gasteiger partial charge in [0.05, 0.1) is 13.7 Å². The molecule has 19 heavy (non-hydrogen) atoms. The summed E-state index contributed by atoms with van der Waals surface area (Å²) in [4.78, 5) is 13.3. The van der Waals surface area contributed by atoms with E-state index in [0.717, 1.165) is 27.9 Å². The van der Waals surface area contributed by atoms with Crippen molar-refractivity contribution in [1.29, 1.82) is 0 Å². The first kappa shape index (κ1) is 11.8. The predicted octanol–water partition coefficient (Wildman–Crippen LogP) is 1.91. The summed E-state index contributed by atoms with van der Waals surface area (Å²) in [6.07, 6.45) is 1.81.